The zero-order chi connectivity index (χ0) is 13.8. The summed E-state index contributed by atoms with van der Waals surface area (Å²) >= 11 is 0. The van der Waals surface area contributed by atoms with Crippen LogP contribution >= 0.6 is 0 Å². The Bertz CT molecular complexity index is 592. The van der Waals surface area contributed by atoms with E-state index in [1.807, 2.05) is 31.1 Å². The fourth-order valence-electron chi connectivity index (χ4n) is 1.48. The van der Waals surface area contributed by atoms with Gasteiger partial charge in [-0.25, -0.2) is 8.78 Å². The average Bonchev–Trinajstić information content (AvgIpc) is 2.40. The Balaban J connectivity index is 2.15. The van der Waals surface area contributed by atoms with Gasteiger partial charge in [0, 0.05) is 25.8 Å². The quantitative estimate of drug-likeness (QED) is 0.750. The van der Waals surface area contributed by atoms with Crippen molar-refractivity contribution in [2.75, 3.05) is 19.0 Å². The molecule has 0 aliphatic carbocycles. The number of hydrogen-bond donors (Lipinski definition) is 0. The topological polar surface area (TPSA) is 28.0 Å². The molecule has 0 spiro atoms. The second kappa shape index (κ2) is 5.56. The molecule has 0 saturated carbocycles. The van der Waals surface area contributed by atoms with Crippen molar-refractivity contribution in [1.29, 1.82) is 0 Å². The highest BCUT2D eigenvalue weighted by atomic mass is 19.2. The number of hydrogen-bond acceptors (Lipinski definition) is 3. The summed E-state index contributed by atoms with van der Waals surface area (Å²) in [5, 5.41) is 7.82. The number of rotatable bonds is 3. The molecule has 0 N–H and O–H groups in total. The molecule has 0 aliphatic rings. The van der Waals surface area contributed by atoms with Gasteiger partial charge in [-0.15, -0.1) is 0 Å². The van der Waals surface area contributed by atoms with E-state index in [9.17, 15) is 8.78 Å². The van der Waals surface area contributed by atoms with Crippen molar-refractivity contribution in [3.63, 3.8) is 0 Å². The molecule has 0 heterocycles. The van der Waals surface area contributed by atoms with Crippen LogP contribution in [0, 0.1) is 11.6 Å². The Morgan fingerprint density at radius 2 is 1.37 bits per heavy atom. The molecule has 0 aromatic heterocycles. The predicted molar refractivity (Wildman–Crippen MR) is 71.3 cm³/mol. The van der Waals surface area contributed by atoms with E-state index in [0.29, 0.717) is 5.69 Å². The molecule has 0 bridgehead atoms. The molecule has 0 saturated heterocycles. The fourth-order valence-corrected chi connectivity index (χ4v) is 1.48. The molecule has 0 radical (unpaired) electrons. The van der Waals surface area contributed by atoms with Gasteiger partial charge in [-0.1, -0.05) is 0 Å². The van der Waals surface area contributed by atoms with Gasteiger partial charge >= 0.3 is 0 Å². The van der Waals surface area contributed by atoms with Gasteiger partial charge in [0.25, 0.3) is 0 Å². The first-order valence-corrected chi connectivity index (χ1v) is 5.70. The molecule has 2 aromatic rings. The van der Waals surface area contributed by atoms with Gasteiger partial charge in [-0.05, 0) is 36.4 Å². The normalized spacial score (nSPS) is 10.9. The summed E-state index contributed by atoms with van der Waals surface area (Å²) in [7, 11) is 3.88. The molecule has 0 unspecified atom stereocenters. The first kappa shape index (κ1) is 13.1. The molecule has 2 rings (SSSR count). The number of benzene rings is 2. The Hall–Kier alpha value is -2.30. The van der Waals surface area contributed by atoms with E-state index in [2.05, 4.69) is 10.2 Å². The van der Waals surface area contributed by atoms with Crippen LogP contribution in [0.5, 0.6) is 0 Å². The summed E-state index contributed by atoms with van der Waals surface area (Å²) in [4.78, 5) is 1.97. The zero-order valence-corrected chi connectivity index (χ0v) is 10.6. The Kier molecular flexibility index (Phi) is 3.85. The summed E-state index contributed by atoms with van der Waals surface area (Å²) in [5.74, 6) is -1.83. The van der Waals surface area contributed by atoms with E-state index in [0.717, 1.165) is 17.8 Å². The molecule has 3 nitrogen and oxygen atoms in total. The third-order valence-corrected chi connectivity index (χ3v) is 2.55. The average molecular weight is 261 g/mol. The summed E-state index contributed by atoms with van der Waals surface area (Å²) in [6.45, 7) is 0. The molecule has 19 heavy (non-hydrogen) atoms. The van der Waals surface area contributed by atoms with Gasteiger partial charge in [0.1, 0.15) is 0 Å². The number of azo groups is 1. The summed E-state index contributed by atoms with van der Waals surface area (Å²) < 4.78 is 25.7. The molecule has 2 aromatic carbocycles. The van der Waals surface area contributed by atoms with Crippen molar-refractivity contribution in [3.8, 4) is 0 Å². The van der Waals surface area contributed by atoms with Crippen molar-refractivity contribution in [3.05, 3.63) is 54.1 Å². The monoisotopic (exact) mass is 261 g/mol. The minimum Gasteiger partial charge on any atom is -0.378 e. The SMILES string of the molecule is CN(C)c1ccc(N=Nc2ccc(F)c(F)c2)cc1. The van der Waals surface area contributed by atoms with Gasteiger partial charge in [0.15, 0.2) is 11.6 Å². The molecule has 0 aliphatic heterocycles. The van der Waals surface area contributed by atoms with Crippen LogP contribution in [0.4, 0.5) is 25.8 Å². The highest BCUT2D eigenvalue weighted by Gasteiger charge is 2.01. The fraction of sp³-hybridized carbons (Fsp3) is 0.143. The maximum atomic E-state index is 13.0. The van der Waals surface area contributed by atoms with E-state index in [-0.39, 0.29) is 5.69 Å². The summed E-state index contributed by atoms with van der Waals surface area (Å²) in [6, 6.07) is 10.8. The van der Waals surface area contributed by atoms with Crippen LogP contribution < -0.4 is 4.90 Å². The molecule has 0 fully saturated rings. The van der Waals surface area contributed by atoms with Gasteiger partial charge in [0.2, 0.25) is 0 Å². The lowest BCUT2D eigenvalue weighted by Crippen LogP contribution is -2.07. The van der Waals surface area contributed by atoms with Gasteiger partial charge in [-0.2, -0.15) is 10.2 Å². The standard InChI is InChI=1S/C14H13F2N3/c1-19(2)12-6-3-10(4-7-12)17-18-11-5-8-13(15)14(16)9-11/h3-9H,1-2H3. The minimum absolute atomic E-state index is 0.274. The van der Waals surface area contributed by atoms with E-state index in [1.54, 1.807) is 12.1 Å². The lowest BCUT2D eigenvalue weighted by Gasteiger charge is -2.11. The van der Waals surface area contributed by atoms with Crippen LogP contribution in [-0.4, -0.2) is 14.1 Å². The van der Waals surface area contributed by atoms with Gasteiger partial charge in [0.05, 0.1) is 11.4 Å². The van der Waals surface area contributed by atoms with E-state index < -0.39 is 11.6 Å². The van der Waals surface area contributed by atoms with Crippen LogP contribution in [0.2, 0.25) is 0 Å². The number of nitrogens with zero attached hydrogens (tertiary/aromatic N) is 3. The highest BCUT2D eigenvalue weighted by Crippen LogP contribution is 2.22. The molecular formula is C14H13F2N3. The smallest absolute Gasteiger partial charge is 0.161 e. The van der Waals surface area contributed by atoms with Crippen LogP contribution in [0.15, 0.2) is 52.7 Å². The van der Waals surface area contributed by atoms with Crippen molar-refractivity contribution < 1.29 is 8.78 Å². The van der Waals surface area contributed by atoms with Crippen molar-refractivity contribution in [1.82, 2.24) is 0 Å². The molecular weight excluding hydrogens is 248 g/mol. The second-order valence-electron chi connectivity index (χ2n) is 4.21. The molecule has 0 atom stereocenters. The Morgan fingerprint density at radius 1 is 0.789 bits per heavy atom. The lowest BCUT2D eigenvalue weighted by atomic mass is 10.3. The van der Waals surface area contributed by atoms with E-state index in [1.165, 1.54) is 6.07 Å². The summed E-state index contributed by atoms with van der Waals surface area (Å²) in [6.07, 6.45) is 0. The van der Waals surface area contributed by atoms with E-state index in [4.69, 9.17) is 0 Å². The van der Waals surface area contributed by atoms with Crippen molar-refractivity contribution in [2.24, 2.45) is 10.2 Å². The molecule has 98 valence electrons. The highest BCUT2D eigenvalue weighted by molar-refractivity contribution is 5.51. The van der Waals surface area contributed by atoms with Crippen LogP contribution in [-0.2, 0) is 0 Å². The largest absolute Gasteiger partial charge is 0.378 e. The van der Waals surface area contributed by atoms with Crippen LogP contribution in [0.25, 0.3) is 0 Å². The molecule has 5 heteroatoms. The van der Waals surface area contributed by atoms with Crippen LogP contribution in [0.1, 0.15) is 0 Å². The lowest BCUT2D eigenvalue weighted by molar-refractivity contribution is 0.509. The maximum absolute atomic E-state index is 13.0. The third kappa shape index (κ3) is 3.34. The second-order valence-corrected chi connectivity index (χ2v) is 4.21. The third-order valence-electron chi connectivity index (χ3n) is 2.55. The predicted octanol–water partition coefficient (Wildman–Crippen LogP) is 4.45. The number of halogens is 2. The van der Waals surface area contributed by atoms with Crippen molar-refractivity contribution >= 4 is 17.1 Å². The Morgan fingerprint density at radius 3 is 1.95 bits per heavy atom. The van der Waals surface area contributed by atoms with E-state index >= 15 is 0 Å². The Labute approximate surface area is 110 Å². The van der Waals surface area contributed by atoms with Gasteiger partial charge < -0.3 is 4.90 Å². The van der Waals surface area contributed by atoms with Gasteiger partial charge in [-0.3, -0.25) is 0 Å². The first-order valence-electron chi connectivity index (χ1n) is 5.70. The van der Waals surface area contributed by atoms with Crippen molar-refractivity contribution in [2.45, 2.75) is 0 Å². The number of anilines is 1. The maximum Gasteiger partial charge on any atom is 0.161 e. The first-order chi connectivity index (χ1) is 9.06. The zero-order valence-electron chi connectivity index (χ0n) is 10.6. The minimum atomic E-state index is -0.931. The van der Waals surface area contributed by atoms with Crippen LogP contribution in [0.3, 0.4) is 0 Å². The summed E-state index contributed by atoms with van der Waals surface area (Å²) in [5.41, 5.74) is 1.97. The molecule has 0 amide bonds.